The van der Waals surface area contributed by atoms with Gasteiger partial charge in [-0.25, -0.2) is 0 Å². The summed E-state index contributed by atoms with van der Waals surface area (Å²) in [5, 5.41) is 17.4. The average Bonchev–Trinajstić information content (AvgIpc) is 2.14. The molecule has 0 spiro atoms. The van der Waals surface area contributed by atoms with Gasteiger partial charge in [0.2, 0.25) is 0 Å². The van der Waals surface area contributed by atoms with Crippen LogP contribution in [0.3, 0.4) is 0 Å². The van der Waals surface area contributed by atoms with Crippen LogP contribution in [0.2, 0.25) is 0 Å². The molecule has 0 saturated carbocycles. The van der Waals surface area contributed by atoms with E-state index in [0.29, 0.717) is 5.76 Å². The molecule has 1 unspecified atom stereocenters. The van der Waals surface area contributed by atoms with Crippen LogP contribution in [0.5, 0.6) is 0 Å². The molecule has 1 aliphatic carbocycles. The first-order chi connectivity index (χ1) is 3.84. The second-order valence-corrected chi connectivity index (χ2v) is 2.09. The highest BCUT2D eigenvalue weighted by molar-refractivity contribution is 5.03. The standard InChI is InChI=1S/C6H10O2/c7-4-5-2-1-3-6(5)8/h3,5,7-8H,1-2,4H2. The monoisotopic (exact) mass is 114 g/mol. The van der Waals surface area contributed by atoms with E-state index >= 15 is 0 Å². The molecule has 1 rings (SSSR count). The van der Waals surface area contributed by atoms with Gasteiger partial charge in [-0.3, -0.25) is 0 Å². The SMILES string of the molecule is OCC1CCC=C1O. The molecule has 0 aromatic heterocycles. The fraction of sp³-hybridized carbons (Fsp3) is 0.667. The molecule has 0 radical (unpaired) electrons. The maximum absolute atomic E-state index is 8.89. The van der Waals surface area contributed by atoms with Crippen LogP contribution in [0, 0.1) is 5.92 Å². The van der Waals surface area contributed by atoms with Crippen molar-refractivity contribution in [1.29, 1.82) is 0 Å². The molecular weight excluding hydrogens is 104 g/mol. The first kappa shape index (κ1) is 5.63. The minimum Gasteiger partial charge on any atom is -0.512 e. The maximum atomic E-state index is 8.89. The Labute approximate surface area is 48.5 Å². The first-order valence-corrected chi connectivity index (χ1v) is 2.84. The summed E-state index contributed by atoms with van der Waals surface area (Å²) in [7, 11) is 0. The number of aliphatic hydroxyl groups excluding tert-OH is 2. The van der Waals surface area contributed by atoms with Crippen molar-refractivity contribution in [3.05, 3.63) is 11.8 Å². The molecule has 0 amide bonds. The summed E-state index contributed by atoms with van der Waals surface area (Å²) in [6.45, 7) is 0.0856. The topological polar surface area (TPSA) is 40.5 Å². The van der Waals surface area contributed by atoms with Gasteiger partial charge < -0.3 is 10.2 Å². The number of aliphatic hydroxyl groups is 2. The molecular formula is C6H10O2. The Bertz CT molecular complexity index is 107. The molecule has 0 saturated heterocycles. The zero-order valence-corrected chi connectivity index (χ0v) is 4.67. The largest absolute Gasteiger partial charge is 0.512 e. The molecule has 2 N–H and O–H groups in total. The molecule has 2 nitrogen and oxygen atoms in total. The van der Waals surface area contributed by atoms with Crippen molar-refractivity contribution in [2.45, 2.75) is 12.8 Å². The van der Waals surface area contributed by atoms with Crippen LogP contribution in [0.15, 0.2) is 11.8 Å². The van der Waals surface area contributed by atoms with Crippen LogP contribution < -0.4 is 0 Å². The van der Waals surface area contributed by atoms with E-state index in [1.54, 1.807) is 6.08 Å². The maximum Gasteiger partial charge on any atom is 0.0936 e. The smallest absolute Gasteiger partial charge is 0.0936 e. The third kappa shape index (κ3) is 0.842. The molecule has 0 aliphatic heterocycles. The Balaban J connectivity index is 2.46. The summed E-state index contributed by atoms with van der Waals surface area (Å²) >= 11 is 0. The molecule has 0 aromatic carbocycles. The third-order valence-electron chi connectivity index (χ3n) is 1.51. The molecule has 0 heterocycles. The number of allylic oxidation sites excluding steroid dienone is 1. The fourth-order valence-corrected chi connectivity index (χ4v) is 0.932. The van der Waals surface area contributed by atoms with Crippen molar-refractivity contribution in [3.63, 3.8) is 0 Å². The third-order valence-corrected chi connectivity index (χ3v) is 1.51. The lowest BCUT2D eigenvalue weighted by molar-refractivity contribution is 0.208. The van der Waals surface area contributed by atoms with E-state index in [0.717, 1.165) is 12.8 Å². The van der Waals surface area contributed by atoms with E-state index in [1.807, 2.05) is 0 Å². The van der Waals surface area contributed by atoms with E-state index in [9.17, 15) is 0 Å². The number of hydrogen-bond acceptors (Lipinski definition) is 2. The van der Waals surface area contributed by atoms with Crippen molar-refractivity contribution in [1.82, 2.24) is 0 Å². The lowest BCUT2D eigenvalue weighted by Crippen LogP contribution is -2.03. The van der Waals surface area contributed by atoms with Crippen molar-refractivity contribution >= 4 is 0 Å². The first-order valence-electron chi connectivity index (χ1n) is 2.84. The predicted molar refractivity (Wildman–Crippen MR) is 30.5 cm³/mol. The van der Waals surface area contributed by atoms with Crippen molar-refractivity contribution < 1.29 is 10.2 Å². The minimum atomic E-state index is 0.0370. The van der Waals surface area contributed by atoms with Crippen molar-refractivity contribution in [2.75, 3.05) is 6.61 Å². The lowest BCUT2D eigenvalue weighted by atomic mass is 10.1. The van der Waals surface area contributed by atoms with E-state index in [2.05, 4.69) is 0 Å². The second-order valence-electron chi connectivity index (χ2n) is 2.09. The summed E-state index contributed by atoms with van der Waals surface area (Å²) in [5.41, 5.74) is 0. The zero-order chi connectivity index (χ0) is 5.98. The molecule has 0 aromatic rings. The van der Waals surface area contributed by atoms with Crippen LogP contribution in [0.4, 0.5) is 0 Å². The van der Waals surface area contributed by atoms with Gasteiger partial charge in [-0.05, 0) is 18.9 Å². The zero-order valence-electron chi connectivity index (χ0n) is 4.67. The Morgan fingerprint density at radius 2 is 2.50 bits per heavy atom. The highest BCUT2D eigenvalue weighted by atomic mass is 16.3. The Morgan fingerprint density at radius 3 is 2.75 bits per heavy atom. The lowest BCUT2D eigenvalue weighted by Gasteiger charge is -2.02. The molecule has 1 atom stereocenters. The van der Waals surface area contributed by atoms with Gasteiger partial charge in [0.05, 0.1) is 12.4 Å². The molecule has 0 fully saturated rings. The number of hydrogen-bond donors (Lipinski definition) is 2. The number of rotatable bonds is 1. The van der Waals surface area contributed by atoms with Crippen LogP contribution >= 0.6 is 0 Å². The van der Waals surface area contributed by atoms with Gasteiger partial charge in [0.15, 0.2) is 0 Å². The van der Waals surface area contributed by atoms with Gasteiger partial charge in [0.25, 0.3) is 0 Å². The van der Waals surface area contributed by atoms with E-state index < -0.39 is 0 Å². The van der Waals surface area contributed by atoms with Crippen LogP contribution in [-0.4, -0.2) is 16.8 Å². The summed E-state index contributed by atoms with van der Waals surface area (Å²) < 4.78 is 0. The van der Waals surface area contributed by atoms with Gasteiger partial charge in [-0.15, -0.1) is 0 Å². The predicted octanol–water partition coefficient (Wildman–Crippen LogP) is 0.831. The van der Waals surface area contributed by atoms with Crippen molar-refractivity contribution in [2.24, 2.45) is 5.92 Å². The van der Waals surface area contributed by atoms with Crippen LogP contribution in [0.1, 0.15) is 12.8 Å². The average molecular weight is 114 g/mol. The molecule has 2 heteroatoms. The van der Waals surface area contributed by atoms with Gasteiger partial charge >= 0.3 is 0 Å². The van der Waals surface area contributed by atoms with E-state index in [4.69, 9.17) is 10.2 Å². The van der Waals surface area contributed by atoms with Crippen molar-refractivity contribution in [3.8, 4) is 0 Å². The Morgan fingerprint density at radius 1 is 1.75 bits per heavy atom. The molecule has 46 valence electrons. The highest BCUT2D eigenvalue weighted by Gasteiger charge is 2.16. The fourth-order valence-electron chi connectivity index (χ4n) is 0.932. The summed E-state index contributed by atoms with van der Waals surface area (Å²) in [5.74, 6) is 0.405. The minimum absolute atomic E-state index is 0.0370. The van der Waals surface area contributed by atoms with Gasteiger partial charge in [0.1, 0.15) is 0 Å². The van der Waals surface area contributed by atoms with Gasteiger partial charge in [-0.2, -0.15) is 0 Å². The molecule has 0 bridgehead atoms. The normalized spacial score (nSPS) is 28.1. The molecule has 1 aliphatic rings. The summed E-state index contributed by atoms with van der Waals surface area (Å²) in [6, 6.07) is 0. The van der Waals surface area contributed by atoms with Crippen LogP contribution in [-0.2, 0) is 0 Å². The van der Waals surface area contributed by atoms with E-state index in [1.165, 1.54) is 0 Å². The van der Waals surface area contributed by atoms with Gasteiger partial charge in [-0.1, -0.05) is 0 Å². The van der Waals surface area contributed by atoms with Gasteiger partial charge in [0, 0.05) is 5.92 Å². The quantitative estimate of drug-likeness (QED) is 0.530. The Kier molecular flexibility index (Phi) is 1.53. The second kappa shape index (κ2) is 2.18. The highest BCUT2D eigenvalue weighted by Crippen LogP contribution is 2.21. The van der Waals surface area contributed by atoms with Crippen LogP contribution in [0.25, 0.3) is 0 Å². The summed E-state index contributed by atoms with van der Waals surface area (Å²) in [4.78, 5) is 0. The summed E-state index contributed by atoms with van der Waals surface area (Å²) in [6.07, 6.45) is 3.58. The molecule has 8 heavy (non-hydrogen) atoms. The Hall–Kier alpha value is -0.500. The van der Waals surface area contributed by atoms with E-state index in [-0.39, 0.29) is 12.5 Å².